The number of nitrogens with one attached hydrogen (secondary N) is 1. The third-order valence-electron chi connectivity index (χ3n) is 4.46. The molecule has 0 bridgehead atoms. The number of carbonyl (C=O) groups excluding carboxylic acids is 1. The first-order valence-corrected chi connectivity index (χ1v) is 8.19. The monoisotopic (exact) mass is 341 g/mol. The second-order valence-corrected chi connectivity index (χ2v) is 6.08. The van der Waals surface area contributed by atoms with Crippen molar-refractivity contribution in [3.05, 3.63) is 65.5 Å². The Morgan fingerprint density at radius 1 is 1.04 bits per heavy atom. The van der Waals surface area contributed by atoms with E-state index in [-0.39, 0.29) is 5.91 Å². The molecule has 0 saturated carbocycles. The minimum atomic E-state index is -0.0947. The van der Waals surface area contributed by atoms with E-state index in [2.05, 4.69) is 21.4 Å². The zero-order chi connectivity index (χ0) is 18.1. The molecular weight excluding hydrogens is 326 g/mol. The van der Waals surface area contributed by atoms with Gasteiger partial charge in [0.2, 0.25) is 0 Å². The Kier molecular flexibility index (Phi) is 3.82. The summed E-state index contributed by atoms with van der Waals surface area (Å²) in [7, 11) is 0. The van der Waals surface area contributed by atoms with Crippen LogP contribution in [0.1, 0.15) is 21.5 Å². The molecule has 1 aliphatic rings. The fourth-order valence-electron chi connectivity index (χ4n) is 3.04. The molecule has 6 nitrogen and oxygen atoms in total. The first-order chi connectivity index (χ1) is 12.7. The molecule has 2 aromatic heterocycles. The lowest BCUT2D eigenvalue weighted by atomic mass is 9.98. The van der Waals surface area contributed by atoms with Gasteiger partial charge in [-0.25, -0.2) is 4.98 Å². The standard InChI is InChI=1S/C20H15N5O/c21-9-12-1-3-13(4-2-12)15-7-16(19(22)25-10-15)18-8-14-5-6-23-20(26)17(14)11-24-18/h1-4,7-8,10-11H,5-6H2,(H2,22,25)(H,23,26). The Balaban J connectivity index is 1.77. The quantitative estimate of drug-likeness (QED) is 0.745. The maximum Gasteiger partial charge on any atom is 0.253 e. The molecule has 3 aromatic rings. The molecule has 0 fully saturated rings. The third-order valence-corrected chi connectivity index (χ3v) is 4.46. The second kappa shape index (κ2) is 6.30. The molecule has 4 rings (SSSR count). The van der Waals surface area contributed by atoms with Crippen LogP contribution in [0.25, 0.3) is 22.4 Å². The highest BCUT2D eigenvalue weighted by Gasteiger charge is 2.18. The van der Waals surface area contributed by atoms with Crippen molar-refractivity contribution in [2.45, 2.75) is 6.42 Å². The van der Waals surface area contributed by atoms with Crippen LogP contribution < -0.4 is 11.1 Å². The molecule has 1 aliphatic heterocycles. The molecule has 0 spiro atoms. The van der Waals surface area contributed by atoms with Gasteiger partial charge in [-0.2, -0.15) is 5.26 Å². The summed E-state index contributed by atoms with van der Waals surface area (Å²) in [4.78, 5) is 20.6. The van der Waals surface area contributed by atoms with Crippen molar-refractivity contribution in [1.29, 1.82) is 5.26 Å². The van der Waals surface area contributed by atoms with Crippen molar-refractivity contribution >= 4 is 11.7 Å². The predicted octanol–water partition coefficient (Wildman–Crippen LogP) is 2.55. The molecule has 0 saturated heterocycles. The van der Waals surface area contributed by atoms with E-state index in [1.54, 1.807) is 24.5 Å². The molecule has 1 amide bonds. The maximum absolute atomic E-state index is 11.9. The number of amides is 1. The van der Waals surface area contributed by atoms with Crippen LogP contribution in [0.15, 0.2) is 48.8 Å². The average molecular weight is 341 g/mol. The lowest BCUT2D eigenvalue weighted by Gasteiger charge is -2.17. The van der Waals surface area contributed by atoms with Crippen LogP contribution >= 0.6 is 0 Å². The molecular formula is C20H15N5O. The normalized spacial score (nSPS) is 12.8. The molecule has 0 atom stereocenters. The number of hydrogen-bond acceptors (Lipinski definition) is 5. The van der Waals surface area contributed by atoms with Gasteiger partial charge in [0.15, 0.2) is 0 Å². The number of hydrogen-bond donors (Lipinski definition) is 2. The molecule has 3 heterocycles. The topological polar surface area (TPSA) is 105 Å². The Morgan fingerprint density at radius 2 is 1.85 bits per heavy atom. The summed E-state index contributed by atoms with van der Waals surface area (Å²) in [6.45, 7) is 0.619. The number of fused-ring (bicyclic) bond motifs is 1. The van der Waals surface area contributed by atoms with Gasteiger partial charge in [-0.3, -0.25) is 9.78 Å². The van der Waals surface area contributed by atoms with E-state index in [9.17, 15) is 4.79 Å². The van der Waals surface area contributed by atoms with Gasteiger partial charge in [0.05, 0.1) is 22.9 Å². The largest absolute Gasteiger partial charge is 0.383 e. The van der Waals surface area contributed by atoms with Gasteiger partial charge < -0.3 is 11.1 Å². The Labute approximate surface area is 150 Å². The number of aromatic nitrogens is 2. The Morgan fingerprint density at radius 3 is 2.62 bits per heavy atom. The van der Waals surface area contributed by atoms with Crippen molar-refractivity contribution in [2.75, 3.05) is 12.3 Å². The lowest BCUT2D eigenvalue weighted by molar-refractivity contribution is 0.0945. The van der Waals surface area contributed by atoms with E-state index in [1.807, 2.05) is 24.3 Å². The molecule has 126 valence electrons. The maximum atomic E-state index is 11.9. The minimum Gasteiger partial charge on any atom is -0.383 e. The number of nitriles is 1. The fourth-order valence-corrected chi connectivity index (χ4v) is 3.04. The van der Waals surface area contributed by atoms with Crippen molar-refractivity contribution in [1.82, 2.24) is 15.3 Å². The van der Waals surface area contributed by atoms with Crippen LogP contribution in [-0.2, 0) is 6.42 Å². The first-order valence-electron chi connectivity index (χ1n) is 8.19. The van der Waals surface area contributed by atoms with Crippen LogP contribution in [0, 0.1) is 11.3 Å². The van der Waals surface area contributed by atoms with Crippen LogP contribution in [0.4, 0.5) is 5.82 Å². The molecule has 1 aromatic carbocycles. The summed E-state index contributed by atoms with van der Waals surface area (Å²) in [5.74, 6) is 0.290. The molecule has 0 aliphatic carbocycles. The summed E-state index contributed by atoms with van der Waals surface area (Å²) in [5, 5.41) is 11.7. The SMILES string of the molecule is N#Cc1ccc(-c2cnc(N)c(-c3cc4c(cn3)C(=O)NCC4)c2)cc1. The number of rotatable bonds is 2. The highest BCUT2D eigenvalue weighted by molar-refractivity contribution is 5.97. The lowest BCUT2D eigenvalue weighted by Crippen LogP contribution is -2.31. The van der Waals surface area contributed by atoms with Gasteiger partial charge in [0.25, 0.3) is 5.91 Å². The summed E-state index contributed by atoms with van der Waals surface area (Å²) >= 11 is 0. The summed E-state index contributed by atoms with van der Waals surface area (Å²) in [6, 6.07) is 13.2. The van der Waals surface area contributed by atoms with Crippen molar-refractivity contribution in [2.24, 2.45) is 0 Å². The predicted molar refractivity (Wildman–Crippen MR) is 98.1 cm³/mol. The van der Waals surface area contributed by atoms with Crippen molar-refractivity contribution < 1.29 is 4.79 Å². The Bertz CT molecular complexity index is 1050. The number of nitrogens with two attached hydrogens (primary N) is 1. The van der Waals surface area contributed by atoms with E-state index in [0.717, 1.165) is 28.7 Å². The van der Waals surface area contributed by atoms with Crippen molar-refractivity contribution in [3.63, 3.8) is 0 Å². The number of anilines is 1. The number of benzene rings is 1. The first kappa shape index (κ1) is 15.8. The summed E-state index contributed by atoms with van der Waals surface area (Å²) in [6.07, 6.45) is 4.05. The summed E-state index contributed by atoms with van der Waals surface area (Å²) < 4.78 is 0. The van der Waals surface area contributed by atoms with Gasteiger partial charge in [-0.05, 0) is 41.8 Å². The van der Waals surface area contributed by atoms with Crippen LogP contribution in [0.5, 0.6) is 0 Å². The van der Waals surface area contributed by atoms with E-state index >= 15 is 0 Å². The second-order valence-electron chi connectivity index (χ2n) is 6.08. The number of nitrogen functional groups attached to an aromatic ring is 1. The van der Waals surface area contributed by atoms with Crippen LogP contribution in [0.3, 0.4) is 0 Å². The van der Waals surface area contributed by atoms with Gasteiger partial charge in [0.1, 0.15) is 5.82 Å². The van der Waals surface area contributed by atoms with Gasteiger partial charge in [-0.1, -0.05) is 12.1 Å². The molecule has 0 unspecified atom stereocenters. The van der Waals surface area contributed by atoms with Crippen molar-refractivity contribution in [3.8, 4) is 28.5 Å². The molecule has 0 radical (unpaired) electrons. The van der Waals surface area contributed by atoms with E-state index in [0.29, 0.717) is 29.2 Å². The molecule has 26 heavy (non-hydrogen) atoms. The van der Waals surface area contributed by atoms with Gasteiger partial charge in [0, 0.05) is 30.1 Å². The average Bonchev–Trinajstić information content (AvgIpc) is 2.68. The highest BCUT2D eigenvalue weighted by atomic mass is 16.1. The molecule has 6 heteroatoms. The fraction of sp³-hybridized carbons (Fsp3) is 0.100. The van der Waals surface area contributed by atoms with E-state index < -0.39 is 0 Å². The van der Waals surface area contributed by atoms with Crippen LogP contribution in [0.2, 0.25) is 0 Å². The highest BCUT2D eigenvalue weighted by Crippen LogP contribution is 2.30. The minimum absolute atomic E-state index is 0.0947. The van der Waals surface area contributed by atoms with E-state index in [1.165, 1.54) is 0 Å². The van der Waals surface area contributed by atoms with Crippen LogP contribution in [-0.4, -0.2) is 22.4 Å². The van der Waals surface area contributed by atoms with Gasteiger partial charge >= 0.3 is 0 Å². The third kappa shape index (κ3) is 2.76. The number of pyridine rings is 2. The molecule has 3 N–H and O–H groups in total. The zero-order valence-electron chi connectivity index (χ0n) is 13.9. The smallest absolute Gasteiger partial charge is 0.253 e. The van der Waals surface area contributed by atoms with E-state index in [4.69, 9.17) is 11.0 Å². The summed E-state index contributed by atoms with van der Waals surface area (Å²) in [5.41, 5.74) is 11.5. The number of carbonyl (C=O) groups is 1. The zero-order valence-corrected chi connectivity index (χ0v) is 13.9. The Hall–Kier alpha value is -3.72. The number of nitrogens with zero attached hydrogens (tertiary/aromatic N) is 3. The van der Waals surface area contributed by atoms with Gasteiger partial charge in [-0.15, -0.1) is 0 Å².